The zero-order chi connectivity index (χ0) is 15.1. The topological polar surface area (TPSA) is 57.6 Å². The third-order valence-corrected chi connectivity index (χ3v) is 4.37. The van der Waals surface area contributed by atoms with Crippen LogP contribution in [0.4, 0.5) is 0 Å². The second kappa shape index (κ2) is 8.17. The average Bonchev–Trinajstić information content (AvgIpc) is 2.38. The first-order valence-electron chi connectivity index (χ1n) is 6.26. The summed E-state index contributed by atoms with van der Waals surface area (Å²) in [5.74, 6) is -0.792. The fraction of sp³-hybridized carbons (Fsp3) is 0.429. The summed E-state index contributed by atoms with van der Waals surface area (Å²) in [6.07, 6.45) is 0.505. The maximum Gasteiger partial charge on any atom is 0.316 e. The van der Waals surface area contributed by atoms with Crippen molar-refractivity contribution in [2.75, 3.05) is 12.8 Å². The number of aliphatic carboxylic acids is 1. The molecule has 1 N–H and O–H groups in total. The highest BCUT2D eigenvalue weighted by molar-refractivity contribution is 8.01. The van der Waals surface area contributed by atoms with Gasteiger partial charge in [-0.25, -0.2) is 0 Å². The smallest absolute Gasteiger partial charge is 0.316 e. The summed E-state index contributed by atoms with van der Waals surface area (Å²) in [6, 6.07) is 7.32. The van der Waals surface area contributed by atoms with Gasteiger partial charge in [0, 0.05) is 18.6 Å². The van der Waals surface area contributed by atoms with Gasteiger partial charge < -0.3 is 10.0 Å². The molecule has 110 valence electrons. The molecule has 1 unspecified atom stereocenters. The van der Waals surface area contributed by atoms with Crippen molar-refractivity contribution in [3.63, 3.8) is 0 Å². The number of carbonyl (C=O) groups is 2. The first-order valence-corrected chi connectivity index (χ1v) is 7.69. The molecule has 6 heteroatoms. The summed E-state index contributed by atoms with van der Waals surface area (Å²) < 4.78 is 0. The number of nitrogens with zero attached hydrogens (tertiary/aromatic N) is 1. The number of halogens is 1. The summed E-state index contributed by atoms with van der Waals surface area (Å²) in [5.41, 5.74) is 0.948. The van der Waals surface area contributed by atoms with Crippen molar-refractivity contribution in [3.8, 4) is 0 Å². The molecule has 0 aromatic heterocycles. The number of rotatable bonds is 7. The number of carboxylic acids is 1. The highest BCUT2D eigenvalue weighted by atomic mass is 35.5. The molecule has 1 amide bonds. The Morgan fingerprint density at radius 3 is 2.70 bits per heavy atom. The Morgan fingerprint density at radius 2 is 2.15 bits per heavy atom. The molecule has 0 aliphatic carbocycles. The lowest BCUT2D eigenvalue weighted by atomic mass is 10.2. The van der Waals surface area contributed by atoms with Gasteiger partial charge in [-0.3, -0.25) is 9.59 Å². The normalized spacial score (nSPS) is 11.9. The maximum atomic E-state index is 12.0. The lowest BCUT2D eigenvalue weighted by Crippen LogP contribution is -2.29. The van der Waals surface area contributed by atoms with E-state index >= 15 is 0 Å². The molecule has 4 nitrogen and oxygen atoms in total. The molecule has 0 saturated carbocycles. The number of hydrogen-bond acceptors (Lipinski definition) is 3. The quantitative estimate of drug-likeness (QED) is 0.840. The second-order valence-corrected chi connectivity index (χ2v) is 6.05. The van der Waals surface area contributed by atoms with Crippen molar-refractivity contribution < 1.29 is 14.7 Å². The van der Waals surface area contributed by atoms with Gasteiger partial charge in [0.05, 0.1) is 5.75 Å². The molecular weight excluding hydrogens is 298 g/mol. The molecular formula is C14H18ClNO3S. The van der Waals surface area contributed by atoms with Crippen molar-refractivity contribution in [2.45, 2.75) is 25.1 Å². The van der Waals surface area contributed by atoms with E-state index in [1.54, 1.807) is 24.9 Å². The van der Waals surface area contributed by atoms with Gasteiger partial charge in [-0.2, -0.15) is 0 Å². The van der Waals surface area contributed by atoms with Gasteiger partial charge in [-0.05, 0) is 24.1 Å². The van der Waals surface area contributed by atoms with E-state index in [9.17, 15) is 9.59 Å². The molecule has 0 heterocycles. The number of carboxylic acid groups (broad SMARTS) is 1. The summed E-state index contributed by atoms with van der Waals surface area (Å²) in [5, 5.41) is 9.03. The number of carbonyl (C=O) groups excluding carboxylic acids is 1. The van der Waals surface area contributed by atoms with Crippen LogP contribution >= 0.6 is 23.4 Å². The standard InChI is InChI=1S/C14H18ClNO3S/c1-3-12(14(18)19)20-9-13(17)16(2)8-10-5-4-6-11(15)7-10/h4-7,12H,3,8-9H2,1-2H3,(H,18,19). The Bertz CT molecular complexity index is 481. The van der Waals surface area contributed by atoms with E-state index in [1.165, 1.54) is 0 Å². The van der Waals surface area contributed by atoms with Crippen LogP contribution in [0.3, 0.4) is 0 Å². The molecule has 1 rings (SSSR count). The first-order chi connectivity index (χ1) is 9.43. The predicted octanol–water partition coefficient (Wildman–Crippen LogP) is 2.89. The lowest BCUT2D eigenvalue weighted by molar-refractivity contribution is -0.136. The summed E-state index contributed by atoms with van der Waals surface area (Å²) >= 11 is 7.05. The number of benzene rings is 1. The molecule has 0 saturated heterocycles. The second-order valence-electron chi connectivity index (χ2n) is 4.43. The van der Waals surface area contributed by atoms with Crippen molar-refractivity contribution >= 4 is 35.2 Å². The van der Waals surface area contributed by atoms with E-state index in [-0.39, 0.29) is 11.7 Å². The molecule has 0 spiro atoms. The largest absolute Gasteiger partial charge is 0.480 e. The zero-order valence-corrected chi connectivity index (χ0v) is 13.1. The highest BCUT2D eigenvalue weighted by Crippen LogP contribution is 2.16. The van der Waals surface area contributed by atoms with Crippen molar-refractivity contribution in [2.24, 2.45) is 0 Å². The Balaban J connectivity index is 2.49. The van der Waals surface area contributed by atoms with Gasteiger partial charge in [-0.15, -0.1) is 11.8 Å². The van der Waals surface area contributed by atoms with Gasteiger partial charge in [-0.1, -0.05) is 30.7 Å². The Kier molecular flexibility index (Phi) is 6.88. The van der Waals surface area contributed by atoms with Crippen molar-refractivity contribution in [1.82, 2.24) is 4.90 Å². The zero-order valence-electron chi connectivity index (χ0n) is 11.5. The van der Waals surface area contributed by atoms with Crippen molar-refractivity contribution in [1.29, 1.82) is 0 Å². The molecule has 20 heavy (non-hydrogen) atoms. The van der Waals surface area contributed by atoms with Gasteiger partial charge in [0.1, 0.15) is 5.25 Å². The lowest BCUT2D eigenvalue weighted by Gasteiger charge is -2.18. The van der Waals surface area contributed by atoms with Crippen LogP contribution in [0.1, 0.15) is 18.9 Å². The molecule has 0 bridgehead atoms. The molecule has 0 aliphatic heterocycles. The summed E-state index contributed by atoms with van der Waals surface area (Å²) in [7, 11) is 1.70. The summed E-state index contributed by atoms with van der Waals surface area (Å²) in [6.45, 7) is 2.26. The fourth-order valence-electron chi connectivity index (χ4n) is 1.64. The maximum absolute atomic E-state index is 12.0. The highest BCUT2D eigenvalue weighted by Gasteiger charge is 2.18. The predicted molar refractivity (Wildman–Crippen MR) is 82.1 cm³/mol. The van der Waals surface area contributed by atoms with Crippen LogP contribution in [-0.4, -0.2) is 39.9 Å². The van der Waals surface area contributed by atoms with E-state index in [4.69, 9.17) is 16.7 Å². The minimum atomic E-state index is -0.872. The Morgan fingerprint density at radius 1 is 1.45 bits per heavy atom. The average molecular weight is 316 g/mol. The third-order valence-electron chi connectivity index (χ3n) is 2.79. The van der Waals surface area contributed by atoms with Crippen LogP contribution in [0.5, 0.6) is 0 Å². The number of hydrogen-bond donors (Lipinski definition) is 1. The van der Waals surface area contributed by atoms with Crippen LogP contribution in [0.15, 0.2) is 24.3 Å². The van der Waals surface area contributed by atoms with E-state index in [1.807, 2.05) is 18.2 Å². The van der Waals surface area contributed by atoms with E-state index in [2.05, 4.69) is 0 Å². The van der Waals surface area contributed by atoms with Crippen LogP contribution in [0, 0.1) is 0 Å². The van der Waals surface area contributed by atoms with E-state index < -0.39 is 11.2 Å². The van der Waals surface area contributed by atoms with Gasteiger partial charge in [0.25, 0.3) is 0 Å². The monoisotopic (exact) mass is 315 g/mol. The minimum absolute atomic E-state index is 0.0883. The summed E-state index contributed by atoms with van der Waals surface area (Å²) in [4.78, 5) is 24.4. The number of amides is 1. The molecule has 1 aromatic rings. The number of thioether (sulfide) groups is 1. The molecule has 0 aliphatic rings. The van der Waals surface area contributed by atoms with Crippen LogP contribution in [0.2, 0.25) is 5.02 Å². The van der Waals surface area contributed by atoms with Crippen LogP contribution in [-0.2, 0) is 16.1 Å². The van der Waals surface area contributed by atoms with Gasteiger partial charge >= 0.3 is 5.97 Å². The molecule has 0 fully saturated rings. The van der Waals surface area contributed by atoms with Crippen LogP contribution < -0.4 is 0 Å². The van der Waals surface area contributed by atoms with Gasteiger partial charge in [0.15, 0.2) is 0 Å². The Labute approximate surface area is 128 Å². The molecule has 1 atom stereocenters. The first kappa shape index (κ1) is 16.9. The van der Waals surface area contributed by atoms with Crippen LogP contribution in [0.25, 0.3) is 0 Å². The van der Waals surface area contributed by atoms with E-state index in [0.29, 0.717) is 18.0 Å². The van der Waals surface area contributed by atoms with Crippen molar-refractivity contribution in [3.05, 3.63) is 34.9 Å². The fourth-order valence-corrected chi connectivity index (χ4v) is 2.80. The molecule has 0 radical (unpaired) electrons. The minimum Gasteiger partial charge on any atom is -0.480 e. The third kappa shape index (κ3) is 5.43. The Hall–Kier alpha value is -1.20. The van der Waals surface area contributed by atoms with Gasteiger partial charge in [0.2, 0.25) is 5.91 Å². The van der Waals surface area contributed by atoms with E-state index in [0.717, 1.165) is 17.3 Å². The SMILES string of the molecule is CCC(SCC(=O)N(C)Cc1cccc(Cl)c1)C(=O)O. The molecule has 1 aromatic carbocycles.